The van der Waals surface area contributed by atoms with Crippen molar-refractivity contribution >= 4 is 23.1 Å². The zero-order valence-electron chi connectivity index (χ0n) is 11.5. The summed E-state index contributed by atoms with van der Waals surface area (Å²) in [5, 5.41) is 12.4. The molecule has 1 aromatic rings. The summed E-state index contributed by atoms with van der Waals surface area (Å²) in [6.45, 7) is 2.11. The van der Waals surface area contributed by atoms with Crippen LogP contribution < -0.4 is 11.1 Å². The van der Waals surface area contributed by atoms with Crippen molar-refractivity contribution in [3.05, 3.63) is 29.6 Å². The van der Waals surface area contributed by atoms with Gasteiger partial charge < -0.3 is 16.2 Å². The molecule has 0 saturated carbocycles. The standard InChI is InChI=1S/C14H18FN3O2S/c15-10-2-1-3-11(19)13(10)14(20)17-9-4-6-18(7-5-9)8-12(16)21/h1-3,9,19H,4-8H2,(H2,16,21)(H,17,20). The summed E-state index contributed by atoms with van der Waals surface area (Å²) in [6, 6.07) is 3.76. The summed E-state index contributed by atoms with van der Waals surface area (Å²) < 4.78 is 13.6. The number of phenolic OH excluding ortho intramolecular Hbond substituents is 1. The topological polar surface area (TPSA) is 78.6 Å². The summed E-state index contributed by atoms with van der Waals surface area (Å²) in [7, 11) is 0. The van der Waals surface area contributed by atoms with E-state index >= 15 is 0 Å². The van der Waals surface area contributed by atoms with Gasteiger partial charge in [-0.3, -0.25) is 9.69 Å². The van der Waals surface area contributed by atoms with Crippen LogP contribution >= 0.6 is 12.2 Å². The Morgan fingerprint density at radius 2 is 2.14 bits per heavy atom. The van der Waals surface area contributed by atoms with Crippen molar-refractivity contribution in [2.45, 2.75) is 18.9 Å². The van der Waals surface area contributed by atoms with Crippen LogP contribution in [0, 0.1) is 5.82 Å². The van der Waals surface area contributed by atoms with Crippen LogP contribution in [0.1, 0.15) is 23.2 Å². The van der Waals surface area contributed by atoms with Crippen LogP contribution in [-0.4, -0.2) is 46.6 Å². The molecular weight excluding hydrogens is 293 g/mol. The first-order chi connectivity index (χ1) is 9.97. The molecule has 1 aliphatic rings. The van der Waals surface area contributed by atoms with E-state index in [-0.39, 0.29) is 17.4 Å². The maximum Gasteiger partial charge on any atom is 0.258 e. The second-order valence-electron chi connectivity index (χ2n) is 5.12. The molecule has 4 N–H and O–H groups in total. The zero-order chi connectivity index (χ0) is 15.4. The Hall–Kier alpha value is -1.73. The molecule has 0 bridgehead atoms. The number of aromatic hydroxyl groups is 1. The number of thiocarbonyl (C=S) groups is 1. The van der Waals surface area contributed by atoms with Crippen LogP contribution in [0.25, 0.3) is 0 Å². The molecule has 0 unspecified atom stereocenters. The van der Waals surface area contributed by atoms with Gasteiger partial charge in [0, 0.05) is 25.7 Å². The van der Waals surface area contributed by atoms with Crippen molar-refractivity contribution in [1.29, 1.82) is 0 Å². The first-order valence-corrected chi connectivity index (χ1v) is 7.17. The van der Waals surface area contributed by atoms with Crippen LogP contribution in [0.15, 0.2) is 18.2 Å². The monoisotopic (exact) mass is 311 g/mol. The predicted molar refractivity (Wildman–Crippen MR) is 81.8 cm³/mol. The fourth-order valence-electron chi connectivity index (χ4n) is 2.45. The minimum atomic E-state index is -0.724. The molecule has 0 aromatic heterocycles. The Morgan fingerprint density at radius 3 is 2.71 bits per heavy atom. The van der Waals surface area contributed by atoms with Gasteiger partial charge >= 0.3 is 0 Å². The Morgan fingerprint density at radius 1 is 1.48 bits per heavy atom. The van der Waals surface area contributed by atoms with Gasteiger partial charge in [0.2, 0.25) is 0 Å². The number of halogens is 1. The molecule has 0 spiro atoms. The molecular formula is C14H18FN3O2S. The number of amides is 1. The van der Waals surface area contributed by atoms with Crippen LogP contribution in [0.4, 0.5) is 4.39 Å². The number of hydrogen-bond donors (Lipinski definition) is 3. The van der Waals surface area contributed by atoms with E-state index in [0.29, 0.717) is 11.5 Å². The van der Waals surface area contributed by atoms with Crippen molar-refractivity contribution in [2.75, 3.05) is 19.6 Å². The van der Waals surface area contributed by atoms with Crippen LogP contribution in [0.2, 0.25) is 0 Å². The second kappa shape index (κ2) is 6.82. The SMILES string of the molecule is NC(=S)CN1CCC(NC(=O)c2c(O)cccc2F)CC1. The molecule has 1 amide bonds. The number of carbonyl (C=O) groups excluding carboxylic acids is 1. The van der Waals surface area contributed by atoms with E-state index in [2.05, 4.69) is 10.2 Å². The third kappa shape index (κ3) is 4.12. The van der Waals surface area contributed by atoms with E-state index in [1.807, 2.05) is 0 Å². The average Bonchev–Trinajstić information content (AvgIpc) is 2.40. The van der Waals surface area contributed by atoms with E-state index in [1.165, 1.54) is 12.1 Å². The molecule has 21 heavy (non-hydrogen) atoms. The molecule has 1 aromatic carbocycles. The van der Waals surface area contributed by atoms with Crippen LogP contribution in [0.3, 0.4) is 0 Å². The molecule has 1 heterocycles. The van der Waals surface area contributed by atoms with Crippen molar-refractivity contribution in [3.8, 4) is 5.75 Å². The maximum atomic E-state index is 13.6. The highest BCUT2D eigenvalue weighted by atomic mass is 32.1. The Bertz CT molecular complexity index is 525. The molecule has 2 rings (SSSR count). The minimum absolute atomic E-state index is 0.0425. The third-order valence-corrected chi connectivity index (χ3v) is 3.65. The number of piperidine rings is 1. The second-order valence-corrected chi connectivity index (χ2v) is 5.65. The molecule has 5 nitrogen and oxygen atoms in total. The molecule has 0 aliphatic carbocycles. The number of hydrogen-bond acceptors (Lipinski definition) is 4. The van der Waals surface area contributed by atoms with Gasteiger partial charge in [-0.05, 0) is 25.0 Å². The number of carbonyl (C=O) groups is 1. The predicted octanol–water partition coefficient (Wildman–Crippen LogP) is 1.01. The van der Waals surface area contributed by atoms with Gasteiger partial charge in [-0.1, -0.05) is 18.3 Å². The molecule has 1 aliphatic heterocycles. The molecule has 1 saturated heterocycles. The highest BCUT2D eigenvalue weighted by Gasteiger charge is 2.23. The lowest BCUT2D eigenvalue weighted by atomic mass is 10.0. The average molecular weight is 311 g/mol. The van der Waals surface area contributed by atoms with Gasteiger partial charge in [0.1, 0.15) is 17.1 Å². The Balaban J connectivity index is 1.92. The summed E-state index contributed by atoms with van der Waals surface area (Å²) >= 11 is 4.87. The zero-order valence-corrected chi connectivity index (χ0v) is 12.3. The summed E-state index contributed by atoms with van der Waals surface area (Å²) in [4.78, 5) is 14.6. The van der Waals surface area contributed by atoms with E-state index in [9.17, 15) is 14.3 Å². The first-order valence-electron chi connectivity index (χ1n) is 6.76. The lowest BCUT2D eigenvalue weighted by Gasteiger charge is -2.32. The summed E-state index contributed by atoms with van der Waals surface area (Å²) in [6.07, 6.45) is 1.48. The van der Waals surface area contributed by atoms with E-state index in [4.69, 9.17) is 18.0 Å². The van der Waals surface area contributed by atoms with Crippen molar-refractivity contribution in [1.82, 2.24) is 10.2 Å². The smallest absolute Gasteiger partial charge is 0.258 e. The summed E-state index contributed by atoms with van der Waals surface area (Å²) in [5.41, 5.74) is 5.20. The number of nitrogens with two attached hydrogens (primary N) is 1. The molecule has 7 heteroatoms. The number of likely N-dealkylation sites (tertiary alicyclic amines) is 1. The van der Waals surface area contributed by atoms with Crippen LogP contribution in [-0.2, 0) is 0 Å². The number of rotatable bonds is 4. The number of nitrogens with zero attached hydrogens (tertiary/aromatic N) is 1. The minimum Gasteiger partial charge on any atom is -0.507 e. The number of benzene rings is 1. The van der Waals surface area contributed by atoms with Gasteiger partial charge in [0.05, 0.1) is 4.99 Å². The maximum absolute atomic E-state index is 13.6. The highest BCUT2D eigenvalue weighted by Crippen LogP contribution is 2.20. The van der Waals surface area contributed by atoms with Gasteiger partial charge in [0.25, 0.3) is 5.91 Å². The van der Waals surface area contributed by atoms with Gasteiger partial charge in [-0.15, -0.1) is 0 Å². The van der Waals surface area contributed by atoms with E-state index in [1.54, 1.807) is 0 Å². The van der Waals surface area contributed by atoms with Crippen molar-refractivity contribution in [2.24, 2.45) is 5.73 Å². The largest absolute Gasteiger partial charge is 0.507 e. The Labute approximate surface area is 127 Å². The fraction of sp³-hybridized carbons (Fsp3) is 0.429. The molecule has 1 fully saturated rings. The lowest BCUT2D eigenvalue weighted by Crippen LogP contribution is -2.46. The molecule has 0 atom stereocenters. The van der Waals surface area contributed by atoms with Crippen molar-refractivity contribution in [3.63, 3.8) is 0 Å². The third-order valence-electron chi connectivity index (χ3n) is 3.52. The van der Waals surface area contributed by atoms with E-state index < -0.39 is 11.7 Å². The number of nitrogens with one attached hydrogen (secondary N) is 1. The van der Waals surface area contributed by atoms with Gasteiger partial charge in [-0.25, -0.2) is 4.39 Å². The summed E-state index contributed by atoms with van der Waals surface area (Å²) in [5.74, 6) is -1.66. The quantitative estimate of drug-likeness (QED) is 0.723. The lowest BCUT2D eigenvalue weighted by molar-refractivity contribution is 0.0908. The van der Waals surface area contributed by atoms with E-state index in [0.717, 1.165) is 32.0 Å². The molecule has 0 radical (unpaired) electrons. The van der Waals surface area contributed by atoms with Crippen LogP contribution in [0.5, 0.6) is 5.75 Å². The molecule has 114 valence electrons. The Kier molecular flexibility index (Phi) is 5.08. The van der Waals surface area contributed by atoms with Gasteiger partial charge in [0.15, 0.2) is 0 Å². The van der Waals surface area contributed by atoms with Gasteiger partial charge in [-0.2, -0.15) is 0 Å². The first kappa shape index (κ1) is 15.7. The number of phenols is 1. The fourth-order valence-corrected chi connectivity index (χ4v) is 2.63. The highest BCUT2D eigenvalue weighted by molar-refractivity contribution is 7.80. The van der Waals surface area contributed by atoms with Crippen molar-refractivity contribution < 1.29 is 14.3 Å². The normalized spacial score (nSPS) is 16.6.